The summed E-state index contributed by atoms with van der Waals surface area (Å²) in [5.41, 5.74) is 0. The zero-order chi connectivity index (χ0) is 11.3. The van der Waals surface area contributed by atoms with E-state index in [1.54, 1.807) is 4.90 Å². The fourth-order valence-corrected chi connectivity index (χ4v) is 1.96. The van der Waals surface area contributed by atoms with E-state index in [4.69, 9.17) is 11.6 Å². The average Bonchev–Trinajstić information content (AvgIpc) is 2.26. The number of piperidine rings is 1. The molecule has 0 bridgehead atoms. The lowest BCUT2D eigenvalue weighted by molar-refractivity contribution is -0.112. The molecule has 0 aromatic rings. The number of methoxy groups -OCH3 is 1. The summed E-state index contributed by atoms with van der Waals surface area (Å²) in [5.74, 6) is 0.508. The number of halogens is 1. The van der Waals surface area contributed by atoms with E-state index in [0.29, 0.717) is 25.4 Å². The fourth-order valence-electron chi connectivity index (χ4n) is 1.85. The van der Waals surface area contributed by atoms with Crippen molar-refractivity contribution in [3.63, 3.8) is 0 Å². The molecular formula is C10H16ClNO3. The normalized spacial score (nSPS) is 17.6. The highest BCUT2D eigenvalue weighted by Gasteiger charge is 2.23. The Morgan fingerprint density at radius 2 is 2.00 bits per heavy atom. The summed E-state index contributed by atoms with van der Waals surface area (Å²) < 4.78 is 4.63. The molecule has 1 saturated heterocycles. The standard InChI is InChI=1S/C10H16ClNO3/c1-15-10(14)12-6-4-8(5-7-12)2-3-9(11)13/h8H,2-7H2,1H3. The topological polar surface area (TPSA) is 46.6 Å². The van der Waals surface area contributed by atoms with Gasteiger partial charge in [-0.15, -0.1) is 0 Å². The fraction of sp³-hybridized carbons (Fsp3) is 0.800. The molecule has 1 aliphatic rings. The summed E-state index contributed by atoms with van der Waals surface area (Å²) >= 11 is 5.28. The third-order valence-corrected chi connectivity index (χ3v) is 2.99. The van der Waals surface area contributed by atoms with Gasteiger partial charge in [0.1, 0.15) is 0 Å². The molecule has 86 valence electrons. The predicted molar refractivity (Wildman–Crippen MR) is 56.8 cm³/mol. The molecule has 5 heteroatoms. The molecule has 0 N–H and O–H groups in total. The van der Waals surface area contributed by atoms with Crippen LogP contribution in [0, 0.1) is 5.92 Å². The molecule has 0 radical (unpaired) electrons. The quantitative estimate of drug-likeness (QED) is 0.701. The molecule has 1 heterocycles. The number of carbonyl (C=O) groups excluding carboxylic acids is 2. The lowest BCUT2D eigenvalue weighted by Crippen LogP contribution is -2.38. The number of rotatable bonds is 3. The van der Waals surface area contributed by atoms with Gasteiger partial charge in [-0.2, -0.15) is 0 Å². The van der Waals surface area contributed by atoms with Crippen molar-refractivity contribution < 1.29 is 14.3 Å². The number of carbonyl (C=O) groups is 2. The first-order valence-electron chi connectivity index (χ1n) is 5.14. The molecule has 0 aliphatic carbocycles. The maximum atomic E-state index is 11.2. The van der Waals surface area contributed by atoms with E-state index in [-0.39, 0.29) is 11.3 Å². The summed E-state index contributed by atoms with van der Waals surface area (Å²) in [5, 5.41) is -0.273. The summed E-state index contributed by atoms with van der Waals surface area (Å²) in [4.78, 5) is 23.4. The molecule has 1 fully saturated rings. The first-order valence-corrected chi connectivity index (χ1v) is 5.52. The molecule has 0 spiro atoms. The summed E-state index contributed by atoms with van der Waals surface area (Å²) in [6.45, 7) is 1.43. The first kappa shape index (κ1) is 12.3. The third kappa shape index (κ3) is 4.08. The minimum atomic E-state index is -0.273. The maximum Gasteiger partial charge on any atom is 0.409 e. The van der Waals surface area contributed by atoms with E-state index in [1.165, 1.54) is 7.11 Å². The van der Waals surface area contributed by atoms with Crippen molar-refractivity contribution in [3.8, 4) is 0 Å². The Balaban J connectivity index is 2.23. The molecule has 0 atom stereocenters. The van der Waals surface area contributed by atoms with Crippen LogP contribution in [0.4, 0.5) is 4.79 Å². The van der Waals surface area contributed by atoms with Crippen LogP contribution in [0.5, 0.6) is 0 Å². The van der Waals surface area contributed by atoms with E-state index < -0.39 is 0 Å². The van der Waals surface area contributed by atoms with Crippen LogP contribution in [0.3, 0.4) is 0 Å². The average molecular weight is 234 g/mol. The summed E-state index contributed by atoms with van der Waals surface area (Å²) in [6, 6.07) is 0. The molecule has 1 amide bonds. The monoisotopic (exact) mass is 233 g/mol. The molecule has 1 aliphatic heterocycles. The van der Waals surface area contributed by atoms with Gasteiger partial charge >= 0.3 is 6.09 Å². The van der Waals surface area contributed by atoms with Gasteiger partial charge in [0.2, 0.25) is 5.24 Å². The highest BCUT2D eigenvalue weighted by Crippen LogP contribution is 2.22. The van der Waals surface area contributed by atoms with E-state index in [1.807, 2.05) is 0 Å². The highest BCUT2D eigenvalue weighted by atomic mass is 35.5. The molecule has 15 heavy (non-hydrogen) atoms. The number of likely N-dealkylation sites (tertiary alicyclic amines) is 1. The highest BCUT2D eigenvalue weighted by molar-refractivity contribution is 6.63. The van der Waals surface area contributed by atoms with Crippen LogP contribution in [-0.4, -0.2) is 36.4 Å². The van der Waals surface area contributed by atoms with Crippen LogP contribution in [-0.2, 0) is 9.53 Å². The largest absolute Gasteiger partial charge is 0.453 e. The second kappa shape index (κ2) is 5.95. The summed E-state index contributed by atoms with van der Waals surface area (Å²) in [7, 11) is 1.39. The van der Waals surface area contributed by atoms with Crippen molar-refractivity contribution in [3.05, 3.63) is 0 Å². The SMILES string of the molecule is COC(=O)N1CCC(CCC(=O)Cl)CC1. The molecule has 4 nitrogen and oxygen atoms in total. The van der Waals surface area contributed by atoms with E-state index in [0.717, 1.165) is 19.3 Å². The minimum absolute atomic E-state index is 0.262. The molecule has 0 aromatic heterocycles. The molecule has 0 unspecified atom stereocenters. The Morgan fingerprint density at radius 1 is 1.40 bits per heavy atom. The smallest absolute Gasteiger partial charge is 0.409 e. The molecule has 0 aromatic carbocycles. The van der Waals surface area contributed by atoms with Crippen LogP contribution in [0.1, 0.15) is 25.7 Å². The summed E-state index contributed by atoms with van der Waals surface area (Å²) in [6.07, 6.45) is 2.86. The van der Waals surface area contributed by atoms with Gasteiger partial charge < -0.3 is 9.64 Å². The zero-order valence-corrected chi connectivity index (χ0v) is 9.63. The third-order valence-electron chi connectivity index (χ3n) is 2.80. The second-order valence-electron chi connectivity index (χ2n) is 3.79. The zero-order valence-electron chi connectivity index (χ0n) is 8.87. The van der Waals surface area contributed by atoms with E-state index in [9.17, 15) is 9.59 Å². The Morgan fingerprint density at radius 3 is 2.47 bits per heavy atom. The van der Waals surface area contributed by atoms with Crippen LogP contribution in [0.2, 0.25) is 0 Å². The number of ether oxygens (including phenoxy) is 1. The van der Waals surface area contributed by atoms with Gasteiger partial charge in [-0.05, 0) is 36.8 Å². The van der Waals surface area contributed by atoms with Crippen molar-refractivity contribution >= 4 is 22.9 Å². The van der Waals surface area contributed by atoms with Crippen molar-refractivity contribution in [1.82, 2.24) is 4.90 Å². The Kier molecular flexibility index (Phi) is 4.88. The predicted octanol–water partition coefficient (Wildman–Crippen LogP) is 2.01. The van der Waals surface area contributed by atoms with Crippen LogP contribution < -0.4 is 0 Å². The van der Waals surface area contributed by atoms with Crippen LogP contribution in [0.25, 0.3) is 0 Å². The van der Waals surface area contributed by atoms with Crippen molar-refractivity contribution in [2.24, 2.45) is 5.92 Å². The van der Waals surface area contributed by atoms with Crippen LogP contribution in [0.15, 0.2) is 0 Å². The van der Waals surface area contributed by atoms with Gasteiger partial charge in [0.15, 0.2) is 0 Å². The number of hydrogen-bond acceptors (Lipinski definition) is 3. The van der Waals surface area contributed by atoms with E-state index in [2.05, 4.69) is 4.74 Å². The molecule has 1 rings (SSSR count). The van der Waals surface area contributed by atoms with Crippen molar-refractivity contribution in [2.75, 3.05) is 20.2 Å². The van der Waals surface area contributed by atoms with E-state index >= 15 is 0 Å². The lowest BCUT2D eigenvalue weighted by atomic mass is 9.93. The van der Waals surface area contributed by atoms with Gasteiger partial charge in [0, 0.05) is 19.5 Å². The van der Waals surface area contributed by atoms with Crippen molar-refractivity contribution in [1.29, 1.82) is 0 Å². The molecule has 0 saturated carbocycles. The number of amides is 1. The van der Waals surface area contributed by atoms with Gasteiger partial charge in [-0.1, -0.05) is 0 Å². The number of hydrogen-bond donors (Lipinski definition) is 0. The first-order chi connectivity index (χ1) is 7.13. The maximum absolute atomic E-state index is 11.2. The number of nitrogens with zero attached hydrogens (tertiary/aromatic N) is 1. The minimum Gasteiger partial charge on any atom is -0.453 e. The Bertz CT molecular complexity index is 237. The second-order valence-corrected chi connectivity index (χ2v) is 4.22. The van der Waals surface area contributed by atoms with Crippen LogP contribution >= 0.6 is 11.6 Å². The van der Waals surface area contributed by atoms with Crippen molar-refractivity contribution in [2.45, 2.75) is 25.7 Å². The van der Waals surface area contributed by atoms with Gasteiger partial charge in [0.25, 0.3) is 0 Å². The Labute approximate surface area is 94.5 Å². The molecular weight excluding hydrogens is 218 g/mol. The lowest BCUT2D eigenvalue weighted by Gasteiger charge is -2.30. The van der Waals surface area contributed by atoms with Gasteiger partial charge in [0.05, 0.1) is 7.11 Å². The Hall–Kier alpha value is -0.770. The van der Waals surface area contributed by atoms with Gasteiger partial charge in [-0.3, -0.25) is 4.79 Å². The van der Waals surface area contributed by atoms with Gasteiger partial charge in [-0.25, -0.2) is 4.79 Å².